The summed E-state index contributed by atoms with van der Waals surface area (Å²) in [6.45, 7) is 8.60. The molecule has 0 spiro atoms. The summed E-state index contributed by atoms with van der Waals surface area (Å²) >= 11 is 0. The lowest BCUT2D eigenvalue weighted by molar-refractivity contribution is -0.131. The van der Waals surface area contributed by atoms with Crippen LogP contribution in [0.15, 0.2) is 24.3 Å². The van der Waals surface area contributed by atoms with Crippen molar-refractivity contribution >= 4 is 18.3 Å². The topological polar surface area (TPSA) is 55.1 Å². The SMILES string of the molecule is CCc1ccc(C(C)NC(=O)C(CC)(CC)CN)cc1.Cl. The third-order valence-corrected chi connectivity index (χ3v) is 4.46. The molecule has 0 fully saturated rings. The number of carbonyl (C=O) groups is 1. The first-order valence-electron chi connectivity index (χ1n) is 7.62. The first-order chi connectivity index (χ1) is 9.52. The summed E-state index contributed by atoms with van der Waals surface area (Å²) in [5, 5.41) is 3.11. The number of benzene rings is 1. The average Bonchev–Trinajstić information content (AvgIpc) is 2.49. The van der Waals surface area contributed by atoms with Crippen LogP contribution in [0.25, 0.3) is 0 Å². The molecule has 1 aromatic carbocycles. The average molecular weight is 313 g/mol. The van der Waals surface area contributed by atoms with Gasteiger partial charge in [-0.05, 0) is 37.3 Å². The normalized spacial score (nSPS) is 12.4. The minimum absolute atomic E-state index is 0. The number of halogens is 1. The van der Waals surface area contributed by atoms with Crippen molar-refractivity contribution in [2.75, 3.05) is 6.54 Å². The molecule has 0 saturated heterocycles. The highest BCUT2D eigenvalue weighted by atomic mass is 35.5. The second-order valence-corrected chi connectivity index (χ2v) is 5.48. The number of hydrogen-bond acceptors (Lipinski definition) is 2. The number of hydrogen-bond donors (Lipinski definition) is 2. The minimum atomic E-state index is -0.433. The highest BCUT2D eigenvalue weighted by Crippen LogP contribution is 2.26. The van der Waals surface area contributed by atoms with Crippen LogP contribution >= 0.6 is 12.4 Å². The number of nitrogens with two attached hydrogens (primary N) is 1. The van der Waals surface area contributed by atoms with Gasteiger partial charge in [0.2, 0.25) is 5.91 Å². The molecule has 1 atom stereocenters. The molecule has 4 heteroatoms. The number of rotatable bonds is 7. The predicted molar refractivity (Wildman–Crippen MR) is 91.7 cm³/mol. The van der Waals surface area contributed by atoms with E-state index in [0.29, 0.717) is 6.54 Å². The molecule has 1 rings (SSSR count). The molecule has 0 bridgehead atoms. The highest BCUT2D eigenvalue weighted by Gasteiger charge is 2.33. The van der Waals surface area contributed by atoms with Crippen LogP contribution in [0.5, 0.6) is 0 Å². The number of carbonyl (C=O) groups excluding carboxylic acids is 1. The van der Waals surface area contributed by atoms with E-state index in [9.17, 15) is 4.79 Å². The van der Waals surface area contributed by atoms with Crippen LogP contribution < -0.4 is 11.1 Å². The summed E-state index contributed by atoms with van der Waals surface area (Å²) in [7, 11) is 0. The molecule has 1 aromatic rings. The van der Waals surface area contributed by atoms with Crippen molar-refractivity contribution < 1.29 is 4.79 Å². The number of nitrogens with one attached hydrogen (secondary N) is 1. The van der Waals surface area contributed by atoms with Crippen molar-refractivity contribution in [2.45, 2.75) is 53.0 Å². The molecule has 120 valence electrons. The molecular formula is C17H29ClN2O. The van der Waals surface area contributed by atoms with Gasteiger partial charge in [0.05, 0.1) is 11.5 Å². The molecule has 0 saturated carbocycles. The van der Waals surface area contributed by atoms with Gasteiger partial charge in [-0.15, -0.1) is 12.4 Å². The fraction of sp³-hybridized carbons (Fsp3) is 0.588. The molecule has 0 heterocycles. The zero-order valence-corrected chi connectivity index (χ0v) is 14.4. The lowest BCUT2D eigenvalue weighted by Crippen LogP contribution is -2.46. The third kappa shape index (κ3) is 4.72. The molecule has 0 radical (unpaired) electrons. The largest absolute Gasteiger partial charge is 0.349 e. The van der Waals surface area contributed by atoms with Crippen molar-refractivity contribution in [3.63, 3.8) is 0 Å². The second kappa shape index (κ2) is 9.06. The van der Waals surface area contributed by atoms with Crippen LogP contribution in [-0.4, -0.2) is 12.5 Å². The fourth-order valence-electron chi connectivity index (χ4n) is 2.43. The Kier molecular flexibility index (Phi) is 8.60. The summed E-state index contributed by atoms with van der Waals surface area (Å²) in [5.74, 6) is 0.0667. The van der Waals surface area contributed by atoms with Gasteiger partial charge < -0.3 is 11.1 Å². The fourth-order valence-corrected chi connectivity index (χ4v) is 2.43. The molecule has 1 unspecified atom stereocenters. The molecule has 0 aromatic heterocycles. The van der Waals surface area contributed by atoms with E-state index in [-0.39, 0.29) is 24.4 Å². The van der Waals surface area contributed by atoms with Crippen LogP contribution in [-0.2, 0) is 11.2 Å². The van der Waals surface area contributed by atoms with Gasteiger partial charge in [-0.2, -0.15) is 0 Å². The minimum Gasteiger partial charge on any atom is -0.349 e. The van der Waals surface area contributed by atoms with Gasteiger partial charge in [0.25, 0.3) is 0 Å². The lowest BCUT2D eigenvalue weighted by atomic mass is 9.81. The smallest absolute Gasteiger partial charge is 0.227 e. The van der Waals surface area contributed by atoms with Gasteiger partial charge in [-0.1, -0.05) is 45.0 Å². The monoisotopic (exact) mass is 312 g/mol. The van der Waals surface area contributed by atoms with Gasteiger partial charge in [-0.25, -0.2) is 0 Å². The van der Waals surface area contributed by atoms with Gasteiger partial charge >= 0.3 is 0 Å². The zero-order chi connectivity index (χ0) is 15.2. The Morgan fingerprint density at radius 1 is 1.19 bits per heavy atom. The van der Waals surface area contributed by atoms with Gasteiger partial charge in [-0.3, -0.25) is 4.79 Å². The van der Waals surface area contributed by atoms with Gasteiger partial charge in [0.1, 0.15) is 0 Å². The molecule has 3 N–H and O–H groups in total. The number of amides is 1. The summed E-state index contributed by atoms with van der Waals surface area (Å²) in [4.78, 5) is 12.5. The van der Waals surface area contributed by atoms with Crippen molar-refractivity contribution in [3.8, 4) is 0 Å². The molecule has 0 aliphatic carbocycles. The van der Waals surface area contributed by atoms with E-state index in [1.165, 1.54) is 5.56 Å². The van der Waals surface area contributed by atoms with Crippen molar-refractivity contribution in [3.05, 3.63) is 35.4 Å². The Labute approximate surface area is 135 Å². The van der Waals surface area contributed by atoms with Crippen LogP contribution in [0.2, 0.25) is 0 Å². The first-order valence-corrected chi connectivity index (χ1v) is 7.62. The Morgan fingerprint density at radius 2 is 1.71 bits per heavy atom. The van der Waals surface area contributed by atoms with E-state index in [1.807, 2.05) is 20.8 Å². The lowest BCUT2D eigenvalue weighted by Gasteiger charge is -2.30. The predicted octanol–water partition coefficient (Wildman–Crippen LogP) is 3.61. The van der Waals surface area contributed by atoms with Crippen molar-refractivity contribution in [1.82, 2.24) is 5.32 Å². The van der Waals surface area contributed by atoms with Crippen LogP contribution in [0.4, 0.5) is 0 Å². The van der Waals surface area contributed by atoms with Crippen LogP contribution in [0, 0.1) is 5.41 Å². The van der Waals surface area contributed by atoms with Crippen LogP contribution in [0.1, 0.15) is 57.7 Å². The third-order valence-electron chi connectivity index (χ3n) is 4.46. The van der Waals surface area contributed by atoms with Gasteiger partial charge in [0, 0.05) is 6.54 Å². The quantitative estimate of drug-likeness (QED) is 0.808. The Morgan fingerprint density at radius 3 is 2.10 bits per heavy atom. The van der Waals surface area contributed by atoms with E-state index in [2.05, 4.69) is 36.5 Å². The molecule has 1 amide bonds. The summed E-state index contributed by atoms with van der Waals surface area (Å²) < 4.78 is 0. The molecule has 0 aliphatic heterocycles. The molecule has 0 aliphatic rings. The van der Waals surface area contributed by atoms with E-state index >= 15 is 0 Å². The van der Waals surface area contributed by atoms with Gasteiger partial charge in [0.15, 0.2) is 0 Å². The highest BCUT2D eigenvalue weighted by molar-refractivity contribution is 5.85. The maximum Gasteiger partial charge on any atom is 0.227 e. The first kappa shape index (κ1) is 19.9. The van der Waals surface area contributed by atoms with E-state index in [1.54, 1.807) is 0 Å². The standard InChI is InChI=1S/C17H28N2O.ClH/c1-5-14-8-10-15(11-9-14)13(4)19-16(20)17(6-2,7-3)12-18;/h8-11,13H,5-7,12,18H2,1-4H3,(H,19,20);1H. The van der Waals surface area contributed by atoms with E-state index < -0.39 is 5.41 Å². The van der Waals surface area contributed by atoms with E-state index in [4.69, 9.17) is 5.73 Å². The summed E-state index contributed by atoms with van der Waals surface area (Å²) in [5.41, 5.74) is 7.83. The Bertz CT molecular complexity index is 419. The molecule has 21 heavy (non-hydrogen) atoms. The summed E-state index contributed by atoms with van der Waals surface area (Å²) in [6.07, 6.45) is 2.57. The van der Waals surface area contributed by atoms with Crippen LogP contribution in [0.3, 0.4) is 0 Å². The molecule has 3 nitrogen and oxygen atoms in total. The number of aryl methyl sites for hydroxylation is 1. The summed E-state index contributed by atoms with van der Waals surface area (Å²) in [6, 6.07) is 8.43. The maximum atomic E-state index is 12.5. The van der Waals surface area contributed by atoms with E-state index in [0.717, 1.165) is 24.8 Å². The Hall–Kier alpha value is -1.06. The molecular weight excluding hydrogens is 284 g/mol. The maximum absolute atomic E-state index is 12.5. The van der Waals surface area contributed by atoms with Crippen molar-refractivity contribution in [1.29, 1.82) is 0 Å². The Balaban J connectivity index is 0.00000400. The van der Waals surface area contributed by atoms with Crippen molar-refractivity contribution in [2.24, 2.45) is 11.1 Å². The zero-order valence-electron chi connectivity index (χ0n) is 13.6. The second-order valence-electron chi connectivity index (χ2n) is 5.48.